The maximum absolute atomic E-state index is 13.9. The van der Waals surface area contributed by atoms with Crippen LogP contribution in [0, 0.1) is 14.9 Å². The van der Waals surface area contributed by atoms with Gasteiger partial charge in [-0.15, -0.1) is 0 Å². The summed E-state index contributed by atoms with van der Waals surface area (Å²) in [6.45, 7) is 0. The first-order valence-corrected chi connectivity index (χ1v) is 6.86. The van der Waals surface area contributed by atoms with E-state index in [0.717, 1.165) is 15.0 Å². The molecule has 0 aliphatic heterocycles. The molecule has 0 saturated heterocycles. The summed E-state index contributed by atoms with van der Waals surface area (Å²) in [5.74, 6) is -3.51. The van der Waals surface area contributed by atoms with Crippen LogP contribution in [0.25, 0.3) is 21.5 Å². The van der Waals surface area contributed by atoms with E-state index in [0.29, 0.717) is 16.2 Å². The highest BCUT2D eigenvalue weighted by molar-refractivity contribution is 14.1. The highest BCUT2D eigenvalue weighted by atomic mass is 127. The van der Waals surface area contributed by atoms with Gasteiger partial charge in [-0.3, -0.25) is 4.98 Å². The van der Waals surface area contributed by atoms with Gasteiger partial charge in [0.2, 0.25) is 0 Å². The summed E-state index contributed by atoms with van der Waals surface area (Å²) in [6.07, 6.45) is 3.21. The average Bonchev–Trinajstić information content (AvgIpc) is 2.46. The van der Waals surface area contributed by atoms with E-state index in [-0.39, 0.29) is 5.56 Å². The fourth-order valence-corrected chi connectivity index (χ4v) is 2.77. The second-order valence-corrected chi connectivity index (χ2v) is 5.64. The first-order valence-electron chi connectivity index (χ1n) is 5.78. The van der Waals surface area contributed by atoms with Crippen molar-refractivity contribution >= 4 is 44.1 Å². The van der Waals surface area contributed by atoms with Crippen LogP contribution in [0.3, 0.4) is 0 Å². The standard InChI is InChI=1S/C15H7F2IN2/c16-15(17,8-19)14-5-9-3-4-20-7-13(9)12-6-10(18)1-2-11(12)14/h1-7H. The normalized spacial score (nSPS) is 11.7. The molecule has 0 fully saturated rings. The Morgan fingerprint density at radius 3 is 2.65 bits per heavy atom. The van der Waals surface area contributed by atoms with Gasteiger partial charge in [-0.1, -0.05) is 6.07 Å². The Morgan fingerprint density at radius 1 is 1.10 bits per heavy atom. The van der Waals surface area contributed by atoms with Crippen LogP contribution in [0.4, 0.5) is 8.78 Å². The van der Waals surface area contributed by atoms with Gasteiger partial charge in [-0.05, 0) is 63.0 Å². The lowest BCUT2D eigenvalue weighted by atomic mass is 9.95. The highest BCUT2D eigenvalue weighted by Crippen LogP contribution is 2.37. The molecule has 0 saturated carbocycles. The minimum absolute atomic E-state index is 0.259. The molecule has 2 nitrogen and oxygen atoms in total. The number of pyridine rings is 1. The molecule has 2 aromatic carbocycles. The number of rotatable bonds is 1. The molecule has 1 heterocycles. The maximum Gasteiger partial charge on any atom is 0.358 e. The molecule has 20 heavy (non-hydrogen) atoms. The van der Waals surface area contributed by atoms with E-state index in [4.69, 9.17) is 5.26 Å². The molecule has 0 atom stereocenters. The van der Waals surface area contributed by atoms with Crippen LogP contribution >= 0.6 is 22.6 Å². The predicted molar refractivity (Wildman–Crippen MR) is 81.5 cm³/mol. The molecule has 0 unspecified atom stereocenters. The van der Waals surface area contributed by atoms with Gasteiger partial charge in [0.05, 0.1) is 0 Å². The summed E-state index contributed by atoms with van der Waals surface area (Å²) in [6, 6.07) is 9.33. The Balaban J connectivity index is 2.55. The SMILES string of the molecule is N#CC(F)(F)c1cc2ccncc2c2cc(I)ccc12. The van der Waals surface area contributed by atoms with Crippen LogP contribution in [0.15, 0.2) is 42.7 Å². The van der Waals surface area contributed by atoms with Crippen molar-refractivity contribution in [3.63, 3.8) is 0 Å². The van der Waals surface area contributed by atoms with Crippen LogP contribution in [-0.4, -0.2) is 4.98 Å². The maximum atomic E-state index is 13.9. The van der Waals surface area contributed by atoms with Crippen molar-refractivity contribution in [2.24, 2.45) is 0 Å². The quantitative estimate of drug-likeness (QED) is 0.457. The van der Waals surface area contributed by atoms with Crippen molar-refractivity contribution in [1.82, 2.24) is 4.98 Å². The Kier molecular flexibility index (Phi) is 3.05. The lowest BCUT2D eigenvalue weighted by Crippen LogP contribution is -2.10. The van der Waals surface area contributed by atoms with Gasteiger partial charge in [-0.2, -0.15) is 14.0 Å². The molecule has 1 aromatic heterocycles. The summed E-state index contributed by atoms with van der Waals surface area (Å²) >= 11 is 2.13. The summed E-state index contributed by atoms with van der Waals surface area (Å²) in [4.78, 5) is 4.05. The van der Waals surface area contributed by atoms with E-state index in [2.05, 4.69) is 27.6 Å². The molecular weight excluding hydrogens is 373 g/mol. The number of nitrogens with zero attached hydrogens (tertiary/aromatic N) is 2. The van der Waals surface area contributed by atoms with Crippen molar-refractivity contribution in [2.45, 2.75) is 5.92 Å². The monoisotopic (exact) mass is 380 g/mol. The van der Waals surface area contributed by atoms with Gasteiger partial charge >= 0.3 is 5.92 Å². The number of fused-ring (bicyclic) bond motifs is 3. The third-order valence-corrected chi connectivity index (χ3v) is 3.87. The minimum Gasteiger partial charge on any atom is -0.264 e. The van der Waals surface area contributed by atoms with Crippen molar-refractivity contribution in [3.05, 3.63) is 51.9 Å². The molecule has 0 spiro atoms. The Labute approximate surface area is 127 Å². The molecule has 3 aromatic rings. The molecule has 3 rings (SSSR count). The van der Waals surface area contributed by atoms with E-state index in [1.165, 1.54) is 6.07 Å². The fraction of sp³-hybridized carbons (Fsp3) is 0.0667. The summed E-state index contributed by atoms with van der Waals surface area (Å²) < 4.78 is 28.7. The van der Waals surface area contributed by atoms with Crippen LogP contribution in [0.1, 0.15) is 5.56 Å². The number of alkyl halides is 2. The molecule has 5 heteroatoms. The number of nitriles is 1. The third kappa shape index (κ3) is 2.00. The minimum atomic E-state index is -3.51. The van der Waals surface area contributed by atoms with Crippen molar-refractivity contribution in [3.8, 4) is 6.07 Å². The predicted octanol–water partition coefficient (Wildman–Crippen LogP) is 4.61. The van der Waals surface area contributed by atoms with Crippen LogP contribution in [0.5, 0.6) is 0 Å². The number of benzene rings is 2. The summed E-state index contributed by atoms with van der Waals surface area (Å²) in [5, 5.41) is 11.3. The molecular formula is C15H7F2IN2. The van der Waals surface area contributed by atoms with Crippen molar-refractivity contribution in [2.75, 3.05) is 0 Å². The topological polar surface area (TPSA) is 36.7 Å². The summed E-state index contributed by atoms with van der Waals surface area (Å²) in [7, 11) is 0. The van der Waals surface area contributed by atoms with Crippen molar-refractivity contribution < 1.29 is 8.78 Å². The zero-order chi connectivity index (χ0) is 14.3. The Bertz CT molecular complexity index is 869. The molecule has 0 N–H and O–H groups in total. The molecule has 0 aliphatic carbocycles. The molecule has 0 bridgehead atoms. The first-order chi connectivity index (χ1) is 9.53. The van der Waals surface area contributed by atoms with E-state index >= 15 is 0 Å². The second-order valence-electron chi connectivity index (χ2n) is 4.40. The Morgan fingerprint density at radius 2 is 1.90 bits per heavy atom. The van der Waals surface area contributed by atoms with E-state index < -0.39 is 5.92 Å². The Hall–Kier alpha value is -1.81. The van der Waals surface area contributed by atoms with Crippen molar-refractivity contribution in [1.29, 1.82) is 5.26 Å². The van der Waals surface area contributed by atoms with Gasteiger partial charge < -0.3 is 0 Å². The van der Waals surface area contributed by atoms with Crippen LogP contribution < -0.4 is 0 Å². The zero-order valence-electron chi connectivity index (χ0n) is 10.1. The molecule has 0 amide bonds. The summed E-state index contributed by atoms with van der Waals surface area (Å²) in [5.41, 5.74) is -0.259. The largest absolute Gasteiger partial charge is 0.358 e. The van der Waals surface area contributed by atoms with Gasteiger partial charge in [0.15, 0.2) is 0 Å². The molecule has 98 valence electrons. The van der Waals surface area contributed by atoms with E-state index in [1.54, 1.807) is 30.6 Å². The highest BCUT2D eigenvalue weighted by Gasteiger charge is 2.33. The van der Waals surface area contributed by atoms with E-state index in [9.17, 15) is 8.78 Å². The van der Waals surface area contributed by atoms with Gasteiger partial charge in [-0.25, -0.2) is 0 Å². The van der Waals surface area contributed by atoms with Crippen LogP contribution in [-0.2, 0) is 5.92 Å². The fourth-order valence-electron chi connectivity index (χ4n) is 2.28. The smallest absolute Gasteiger partial charge is 0.264 e. The lowest BCUT2D eigenvalue weighted by Gasteiger charge is -2.14. The molecule has 0 aliphatic rings. The van der Waals surface area contributed by atoms with E-state index in [1.807, 2.05) is 6.07 Å². The van der Waals surface area contributed by atoms with Crippen LogP contribution in [0.2, 0.25) is 0 Å². The zero-order valence-corrected chi connectivity index (χ0v) is 12.2. The third-order valence-electron chi connectivity index (χ3n) is 3.20. The lowest BCUT2D eigenvalue weighted by molar-refractivity contribution is 0.0631. The molecule has 0 radical (unpaired) electrons. The number of hydrogen-bond donors (Lipinski definition) is 0. The number of halogens is 3. The first kappa shape index (κ1) is 13.2. The number of hydrogen-bond acceptors (Lipinski definition) is 2. The van der Waals surface area contributed by atoms with Gasteiger partial charge in [0, 0.05) is 26.9 Å². The van der Waals surface area contributed by atoms with Gasteiger partial charge in [0.25, 0.3) is 0 Å². The van der Waals surface area contributed by atoms with Gasteiger partial charge in [0.1, 0.15) is 6.07 Å². The average molecular weight is 380 g/mol. The second kappa shape index (κ2) is 4.63. The number of aromatic nitrogens is 1.